The number of fused-ring (bicyclic) bond motifs is 2. The topological polar surface area (TPSA) is 110 Å². The van der Waals surface area contributed by atoms with Crippen molar-refractivity contribution in [3.05, 3.63) is 0 Å². The van der Waals surface area contributed by atoms with Gasteiger partial charge in [-0.2, -0.15) is 0 Å². The zero-order chi connectivity index (χ0) is 18.8. The van der Waals surface area contributed by atoms with Crippen molar-refractivity contribution in [1.82, 2.24) is 4.90 Å². The number of ether oxygens (including phenoxy) is 2. The van der Waals surface area contributed by atoms with E-state index in [1.807, 2.05) is 0 Å². The highest BCUT2D eigenvalue weighted by molar-refractivity contribution is 8.01. The number of esters is 2. The summed E-state index contributed by atoms with van der Waals surface area (Å²) in [5.74, 6) is -3.11. The van der Waals surface area contributed by atoms with Crippen LogP contribution in [-0.2, 0) is 28.7 Å². The van der Waals surface area contributed by atoms with Crippen LogP contribution in [0.15, 0.2) is 0 Å². The molecule has 3 atom stereocenters. The summed E-state index contributed by atoms with van der Waals surface area (Å²) >= 11 is 1.31. The molecule has 1 amide bonds. The van der Waals surface area contributed by atoms with Crippen LogP contribution < -0.4 is 0 Å². The Kier molecular flexibility index (Phi) is 3.87. The summed E-state index contributed by atoms with van der Waals surface area (Å²) in [5.41, 5.74) is -2.91. The summed E-state index contributed by atoms with van der Waals surface area (Å²) in [4.78, 5) is 50.9. The molecule has 0 unspecified atom stereocenters. The zero-order valence-electron chi connectivity index (χ0n) is 14.5. The highest BCUT2D eigenvalue weighted by Crippen LogP contribution is 2.78. The normalized spacial score (nSPS) is 33.4. The number of carboxylic acids is 1. The van der Waals surface area contributed by atoms with Crippen LogP contribution in [0.5, 0.6) is 0 Å². The Morgan fingerprint density at radius 1 is 1.20 bits per heavy atom. The third-order valence-corrected chi connectivity index (χ3v) is 6.99. The number of rotatable bonds is 5. The van der Waals surface area contributed by atoms with Crippen molar-refractivity contribution in [3.63, 3.8) is 0 Å². The highest BCUT2D eigenvalue weighted by Gasteiger charge is 2.93. The zero-order valence-corrected chi connectivity index (χ0v) is 15.3. The Morgan fingerprint density at radius 2 is 1.72 bits per heavy atom. The molecule has 0 bridgehead atoms. The molecule has 8 nitrogen and oxygen atoms in total. The standard InChI is InChI=1S/C16H21NO7S/c1-5-23-12(21)16(13(22)24-6-2)7-15(16)10(20)17-8(9(18)19)14(3,4)25-11(15)17/h8,11H,5-7H2,1-4H3,(H,18,19)/t8-,11+,15-/m0/s1. The molecule has 3 rings (SSSR count). The van der Waals surface area contributed by atoms with Gasteiger partial charge in [-0.05, 0) is 34.1 Å². The van der Waals surface area contributed by atoms with Crippen molar-refractivity contribution in [3.8, 4) is 0 Å². The number of hydrogen-bond donors (Lipinski definition) is 1. The number of carbonyl (C=O) groups is 4. The number of carboxylic acid groups (broad SMARTS) is 1. The number of thioether (sulfide) groups is 1. The predicted octanol–water partition coefficient (Wildman–Crippen LogP) is 0.636. The summed E-state index contributed by atoms with van der Waals surface area (Å²) in [6, 6.07) is -0.997. The average Bonchev–Trinajstić information content (AvgIpc) is 3.18. The van der Waals surface area contributed by atoms with E-state index in [1.165, 1.54) is 16.7 Å². The second-order valence-electron chi connectivity index (χ2n) is 7.02. The molecule has 1 saturated carbocycles. The second-order valence-corrected chi connectivity index (χ2v) is 8.76. The number of amides is 1. The molecule has 0 aromatic heterocycles. The Labute approximate surface area is 149 Å². The number of carbonyl (C=O) groups excluding carboxylic acids is 3. The van der Waals surface area contributed by atoms with Gasteiger partial charge in [0, 0.05) is 4.75 Å². The molecule has 3 fully saturated rings. The predicted molar refractivity (Wildman–Crippen MR) is 86.5 cm³/mol. The molecule has 9 heteroatoms. The maximum absolute atomic E-state index is 12.9. The molecule has 2 heterocycles. The molecular weight excluding hydrogens is 350 g/mol. The fourth-order valence-corrected chi connectivity index (χ4v) is 5.99. The second kappa shape index (κ2) is 5.36. The van der Waals surface area contributed by atoms with Crippen LogP contribution in [0.4, 0.5) is 0 Å². The lowest BCUT2D eigenvalue weighted by atomic mass is 9.81. The van der Waals surface area contributed by atoms with E-state index in [0.717, 1.165) is 0 Å². The Bertz CT molecular complexity index is 657. The Morgan fingerprint density at radius 3 is 2.16 bits per heavy atom. The van der Waals surface area contributed by atoms with Gasteiger partial charge < -0.3 is 19.5 Å². The van der Waals surface area contributed by atoms with E-state index in [2.05, 4.69) is 0 Å². The summed E-state index contributed by atoms with van der Waals surface area (Å²) in [6.45, 7) is 6.89. The molecule has 2 aliphatic heterocycles. The van der Waals surface area contributed by atoms with Gasteiger partial charge in [-0.25, -0.2) is 4.79 Å². The van der Waals surface area contributed by atoms with E-state index in [0.29, 0.717) is 0 Å². The van der Waals surface area contributed by atoms with E-state index >= 15 is 0 Å². The van der Waals surface area contributed by atoms with Gasteiger partial charge in [0.2, 0.25) is 5.91 Å². The van der Waals surface area contributed by atoms with Crippen molar-refractivity contribution in [2.24, 2.45) is 10.8 Å². The van der Waals surface area contributed by atoms with Crippen LogP contribution >= 0.6 is 11.8 Å². The molecule has 1 N–H and O–H groups in total. The van der Waals surface area contributed by atoms with Crippen molar-refractivity contribution >= 4 is 35.6 Å². The lowest BCUT2D eigenvalue weighted by molar-refractivity contribution is -0.179. The molecule has 0 aromatic rings. The van der Waals surface area contributed by atoms with Crippen molar-refractivity contribution in [2.45, 2.75) is 50.3 Å². The van der Waals surface area contributed by atoms with Gasteiger partial charge in [-0.3, -0.25) is 14.4 Å². The molecule has 0 radical (unpaired) electrons. The molecule has 2 saturated heterocycles. The summed E-state index contributed by atoms with van der Waals surface area (Å²) in [6.07, 6.45) is 0.00703. The summed E-state index contributed by atoms with van der Waals surface area (Å²) in [7, 11) is 0. The monoisotopic (exact) mass is 371 g/mol. The van der Waals surface area contributed by atoms with E-state index in [-0.39, 0.29) is 19.6 Å². The summed E-state index contributed by atoms with van der Waals surface area (Å²) in [5, 5.41) is 8.95. The van der Waals surface area contributed by atoms with Gasteiger partial charge in [0.25, 0.3) is 0 Å². The fraction of sp³-hybridized carbons (Fsp3) is 0.750. The van der Waals surface area contributed by atoms with Crippen LogP contribution in [0.25, 0.3) is 0 Å². The van der Waals surface area contributed by atoms with Crippen LogP contribution in [0.2, 0.25) is 0 Å². The fourth-order valence-electron chi connectivity index (χ4n) is 4.16. The number of nitrogens with zero attached hydrogens (tertiary/aromatic N) is 1. The first-order valence-electron chi connectivity index (χ1n) is 8.19. The quantitative estimate of drug-likeness (QED) is 0.426. The van der Waals surface area contributed by atoms with Gasteiger partial charge in [0.1, 0.15) is 11.5 Å². The van der Waals surface area contributed by atoms with Gasteiger partial charge in [-0.1, -0.05) is 0 Å². The molecule has 0 aromatic carbocycles. The smallest absolute Gasteiger partial charge is 0.327 e. The van der Waals surface area contributed by atoms with E-state index in [1.54, 1.807) is 27.7 Å². The minimum absolute atomic E-state index is 0.00703. The van der Waals surface area contributed by atoms with Crippen molar-refractivity contribution in [2.75, 3.05) is 13.2 Å². The molecule has 25 heavy (non-hydrogen) atoms. The lowest BCUT2D eigenvalue weighted by Crippen LogP contribution is -2.67. The maximum atomic E-state index is 12.9. The SMILES string of the molecule is CCOC(=O)C1(C(=O)OCC)C[C@@]12C(=O)N1[C@@H](C(=O)O)C(C)(C)S[C@@H]12. The molecular formula is C16H21NO7S. The Balaban J connectivity index is 1.99. The van der Waals surface area contributed by atoms with E-state index in [4.69, 9.17) is 9.47 Å². The first kappa shape index (κ1) is 18.0. The van der Waals surface area contributed by atoms with Crippen LogP contribution in [0.1, 0.15) is 34.1 Å². The first-order chi connectivity index (χ1) is 11.6. The summed E-state index contributed by atoms with van der Waals surface area (Å²) < 4.78 is 9.38. The molecule has 1 aliphatic carbocycles. The molecule has 1 spiro atoms. The third kappa shape index (κ3) is 1.95. The van der Waals surface area contributed by atoms with Crippen molar-refractivity contribution in [1.29, 1.82) is 0 Å². The van der Waals surface area contributed by atoms with Crippen LogP contribution in [-0.4, -0.2) is 63.2 Å². The average molecular weight is 371 g/mol. The van der Waals surface area contributed by atoms with E-state index < -0.39 is 50.8 Å². The van der Waals surface area contributed by atoms with Crippen molar-refractivity contribution < 1.29 is 33.8 Å². The number of β-lactam (4-membered cyclic amide) rings is 1. The molecule has 138 valence electrons. The number of hydrogen-bond acceptors (Lipinski definition) is 7. The van der Waals surface area contributed by atoms with Gasteiger partial charge >= 0.3 is 17.9 Å². The number of aliphatic carboxylic acids is 1. The van der Waals surface area contributed by atoms with E-state index in [9.17, 15) is 24.3 Å². The lowest BCUT2D eigenvalue weighted by Gasteiger charge is -2.46. The largest absolute Gasteiger partial charge is 0.480 e. The highest BCUT2D eigenvalue weighted by atomic mass is 32.2. The minimum Gasteiger partial charge on any atom is -0.480 e. The van der Waals surface area contributed by atoms with Gasteiger partial charge in [0.05, 0.1) is 18.6 Å². The first-order valence-corrected chi connectivity index (χ1v) is 9.07. The third-order valence-electron chi connectivity index (χ3n) is 5.30. The van der Waals surface area contributed by atoms with Gasteiger partial charge in [0.15, 0.2) is 5.41 Å². The van der Waals surface area contributed by atoms with Crippen LogP contribution in [0.3, 0.4) is 0 Å². The maximum Gasteiger partial charge on any atom is 0.327 e. The van der Waals surface area contributed by atoms with Crippen LogP contribution in [0, 0.1) is 10.8 Å². The van der Waals surface area contributed by atoms with Gasteiger partial charge in [-0.15, -0.1) is 11.8 Å². The Hall–Kier alpha value is -1.77. The minimum atomic E-state index is -1.66. The molecule has 3 aliphatic rings.